The Morgan fingerprint density at radius 3 is 2.45 bits per heavy atom. The van der Waals surface area contributed by atoms with Crippen LogP contribution in [0.1, 0.15) is 36.0 Å². The number of esters is 1. The normalized spacial score (nSPS) is 14.6. The SMILES string of the molecule is COC(=O)Cc1cccc(C(=Nc2ccc(N(CCCN(C)C)C(C)=O)cc2)C2C(=O)Nc3cc(F)ccc32)c1. The molecule has 0 saturated carbocycles. The van der Waals surface area contributed by atoms with E-state index in [1.165, 1.54) is 19.2 Å². The van der Waals surface area contributed by atoms with Gasteiger partial charge < -0.3 is 19.9 Å². The molecule has 3 aromatic rings. The number of carbonyl (C=O) groups is 3. The van der Waals surface area contributed by atoms with Crippen LogP contribution < -0.4 is 10.2 Å². The standard InChI is InChI=1S/C31H33FN4O4/c1-20(37)36(16-6-15-35(2)3)25-12-10-24(11-13-25)33-30(22-8-5-7-21(17-22)18-28(38)40-4)29-26-14-9-23(32)19-27(26)34-31(29)39/h5,7-14,17,19,29H,6,15-16,18H2,1-4H3,(H,34,39). The number of nitrogens with zero attached hydrogens (tertiary/aromatic N) is 3. The van der Waals surface area contributed by atoms with Crippen LogP contribution in [0.5, 0.6) is 0 Å². The van der Waals surface area contributed by atoms with Crippen LogP contribution in [0.4, 0.5) is 21.5 Å². The summed E-state index contributed by atoms with van der Waals surface area (Å²) in [6.07, 6.45) is 0.898. The van der Waals surface area contributed by atoms with Gasteiger partial charge in [0.2, 0.25) is 11.8 Å². The minimum Gasteiger partial charge on any atom is -0.469 e. The van der Waals surface area contributed by atoms with Crippen molar-refractivity contribution in [3.63, 3.8) is 0 Å². The van der Waals surface area contributed by atoms with Crippen molar-refractivity contribution >= 4 is 40.6 Å². The number of rotatable bonds is 10. The van der Waals surface area contributed by atoms with Gasteiger partial charge in [-0.2, -0.15) is 0 Å². The van der Waals surface area contributed by atoms with E-state index in [9.17, 15) is 18.8 Å². The lowest BCUT2D eigenvalue weighted by Crippen LogP contribution is -2.31. The average Bonchev–Trinajstić information content (AvgIpc) is 3.24. The fraction of sp³-hybridized carbons (Fsp3) is 0.290. The van der Waals surface area contributed by atoms with E-state index in [-0.39, 0.29) is 24.2 Å². The second-order valence-electron chi connectivity index (χ2n) is 9.95. The van der Waals surface area contributed by atoms with Crippen molar-refractivity contribution in [2.75, 3.05) is 44.5 Å². The topological polar surface area (TPSA) is 91.3 Å². The zero-order chi connectivity index (χ0) is 28.8. The third kappa shape index (κ3) is 6.79. The fourth-order valence-corrected chi connectivity index (χ4v) is 4.74. The number of hydrogen-bond acceptors (Lipinski definition) is 6. The Labute approximate surface area is 233 Å². The third-order valence-corrected chi connectivity index (χ3v) is 6.70. The maximum absolute atomic E-state index is 13.9. The number of fused-ring (bicyclic) bond motifs is 1. The highest BCUT2D eigenvalue weighted by Crippen LogP contribution is 2.37. The van der Waals surface area contributed by atoms with Crippen LogP contribution >= 0.6 is 0 Å². The lowest BCUT2D eigenvalue weighted by atomic mass is 9.89. The van der Waals surface area contributed by atoms with Crippen LogP contribution in [0.25, 0.3) is 0 Å². The van der Waals surface area contributed by atoms with Crippen molar-refractivity contribution in [2.45, 2.75) is 25.7 Å². The van der Waals surface area contributed by atoms with Crippen LogP contribution in [0.15, 0.2) is 71.7 Å². The van der Waals surface area contributed by atoms with E-state index in [1.807, 2.05) is 32.3 Å². The Hall–Kier alpha value is -4.37. The number of carbonyl (C=O) groups excluding carboxylic acids is 3. The highest BCUT2D eigenvalue weighted by molar-refractivity contribution is 6.24. The molecule has 0 aliphatic carbocycles. The number of halogens is 1. The number of methoxy groups -OCH3 is 1. The molecule has 40 heavy (non-hydrogen) atoms. The van der Waals surface area contributed by atoms with Gasteiger partial charge in [0.15, 0.2) is 0 Å². The maximum atomic E-state index is 13.9. The van der Waals surface area contributed by atoms with Crippen molar-refractivity contribution in [1.82, 2.24) is 4.90 Å². The molecule has 0 radical (unpaired) electrons. The van der Waals surface area contributed by atoms with Gasteiger partial charge in [0.25, 0.3) is 0 Å². The van der Waals surface area contributed by atoms with E-state index in [4.69, 9.17) is 9.73 Å². The first-order chi connectivity index (χ1) is 19.2. The van der Waals surface area contributed by atoms with Crippen molar-refractivity contribution in [1.29, 1.82) is 0 Å². The summed E-state index contributed by atoms with van der Waals surface area (Å²) in [5, 5.41) is 2.76. The summed E-state index contributed by atoms with van der Waals surface area (Å²) < 4.78 is 18.7. The Kier molecular flexibility index (Phi) is 9.06. The van der Waals surface area contributed by atoms with Crippen LogP contribution in [-0.4, -0.2) is 62.7 Å². The second kappa shape index (κ2) is 12.7. The predicted octanol–water partition coefficient (Wildman–Crippen LogP) is 4.70. The molecule has 8 nitrogen and oxygen atoms in total. The molecule has 208 valence electrons. The highest BCUT2D eigenvalue weighted by atomic mass is 19.1. The molecule has 2 amide bonds. The monoisotopic (exact) mass is 544 g/mol. The summed E-state index contributed by atoms with van der Waals surface area (Å²) in [5.74, 6) is -1.99. The molecule has 4 rings (SSSR count). The van der Waals surface area contributed by atoms with Gasteiger partial charge in [0.1, 0.15) is 11.7 Å². The van der Waals surface area contributed by atoms with Gasteiger partial charge >= 0.3 is 5.97 Å². The maximum Gasteiger partial charge on any atom is 0.309 e. The van der Waals surface area contributed by atoms with Crippen molar-refractivity contribution < 1.29 is 23.5 Å². The molecule has 0 bridgehead atoms. The van der Waals surface area contributed by atoms with E-state index >= 15 is 0 Å². The van der Waals surface area contributed by atoms with Gasteiger partial charge in [-0.05, 0) is 86.2 Å². The fourth-order valence-electron chi connectivity index (χ4n) is 4.74. The van der Waals surface area contributed by atoms with Crippen LogP contribution in [0.3, 0.4) is 0 Å². The van der Waals surface area contributed by atoms with Gasteiger partial charge in [-0.15, -0.1) is 0 Å². The van der Waals surface area contributed by atoms with Crippen LogP contribution in [0, 0.1) is 5.82 Å². The van der Waals surface area contributed by atoms with E-state index < -0.39 is 11.7 Å². The molecule has 1 atom stereocenters. The summed E-state index contributed by atoms with van der Waals surface area (Å²) in [4.78, 5) is 46.1. The largest absolute Gasteiger partial charge is 0.469 e. The molecule has 0 saturated heterocycles. The van der Waals surface area contributed by atoms with Gasteiger partial charge in [0, 0.05) is 24.8 Å². The van der Waals surface area contributed by atoms with Gasteiger partial charge in [-0.3, -0.25) is 19.4 Å². The highest BCUT2D eigenvalue weighted by Gasteiger charge is 2.35. The molecule has 0 fully saturated rings. The van der Waals surface area contributed by atoms with Gasteiger partial charge in [-0.25, -0.2) is 4.39 Å². The van der Waals surface area contributed by atoms with E-state index in [0.29, 0.717) is 40.3 Å². The van der Waals surface area contributed by atoms with Gasteiger partial charge in [-0.1, -0.05) is 24.3 Å². The first-order valence-electron chi connectivity index (χ1n) is 13.0. The molecule has 1 N–H and O–H groups in total. The number of benzene rings is 3. The number of aliphatic imine (C=N–C) groups is 1. The Morgan fingerprint density at radius 2 is 1.77 bits per heavy atom. The Morgan fingerprint density at radius 1 is 1.02 bits per heavy atom. The van der Waals surface area contributed by atoms with E-state index in [1.54, 1.807) is 48.2 Å². The summed E-state index contributed by atoms with van der Waals surface area (Å²) in [5.41, 5.74) is 4.17. The number of hydrogen-bond donors (Lipinski definition) is 1. The number of ether oxygens (including phenoxy) is 1. The number of anilines is 2. The van der Waals surface area contributed by atoms with Crippen molar-refractivity contribution in [3.05, 3.63) is 89.2 Å². The lowest BCUT2D eigenvalue weighted by Gasteiger charge is -2.22. The molecule has 0 aromatic heterocycles. The minimum absolute atomic E-state index is 0.0513. The Bertz CT molecular complexity index is 1440. The number of amides is 2. The molecule has 0 spiro atoms. The second-order valence-corrected chi connectivity index (χ2v) is 9.95. The van der Waals surface area contributed by atoms with E-state index in [0.717, 1.165) is 18.7 Å². The molecule has 1 heterocycles. The molecule has 1 unspecified atom stereocenters. The Balaban J connectivity index is 1.73. The smallest absolute Gasteiger partial charge is 0.309 e. The summed E-state index contributed by atoms with van der Waals surface area (Å²) in [6, 6.07) is 18.7. The summed E-state index contributed by atoms with van der Waals surface area (Å²) in [6.45, 7) is 2.99. The molecule has 1 aliphatic heterocycles. The molecular formula is C31H33FN4O4. The van der Waals surface area contributed by atoms with Gasteiger partial charge in [0.05, 0.1) is 24.9 Å². The number of nitrogens with one attached hydrogen (secondary N) is 1. The van der Waals surface area contributed by atoms with Crippen molar-refractivity contribution in [3.8, 4) is 0 Å². The van der Waals surface area contributed by atoms with E-state index in [2.05, 4.69) is 10.2 Å². The third-order valence-electron chi connectivity index (χ3n) is 6.70. The molecule has 3 aromatic carbocycles. The summed E-state index contributed by atoms with van der Waals surface area (Å²) >= 11 is 0. The lowest BCUT2D eigenvalue weighted by molar-refractivity contribution is -0.139. The predicted molar refractivity (Wildman–Crippen MR) is 154 cm³/mol. The van der Waals surface area contributed by atoms with Crippen molar-refractivity contribution in [2.24, 2.45) is 4.99 Å². The molecule has 9 heteroatoms. The van der Waals surface area contributed by atoms with Crippen LogP contribution in [-0.2, 0) is 25.5 Å². The quantitative estimate of drug-likeness (QED) is 0.295. The molecule has 1 aliphatic rings. The molecular weight excluding hydrogens is 511 g/mol. The average molecular weight is 545 g/mol. The first-order valence-corrected chi connectivity index (χ1v) is 13.0. The van der Waals surface area contributed by atoms with Crippen LogP contribution in [0.2, 0.25) is 0 Å². The first kappa shape index (κ1) is 28.6. The zero-order valence-electron chi connectivity index (χ0n) is 23.1. The summed E-state index contributed by atoms with van der Waals surface area (Å²) in [7, 11) is 5.32. The zero-order valence-corrected chi connectivity index (χ0v) is 23.1. The minimum atomic E-state index is -0.789.